The van der Waals surface area contributed by atoms with Crippen LogP contribution < -0.4 is 0 Å². The molecule has 3 aromatic rings. The fourth-order valence-electron chi connectivity index (χ4n) is 1.76. The number of aliphatic hydroxyl groups is 1. The van der Waals surface area contributed by atoms with Crippen molar-refractivity contribution in [1.29, 1.82) is 0 Å². The third kappa shape index (κ3) is 1.60. The quantitative estimate of drug-likeness (QED) is 0.706. The largest absolute Gasteiger partial charge is 0.418 e. The van der Waals surface area contributed by atoms with Gasteiger partial charge in [0.2, 0.25) is 11.8 Å². The van der Waals surface area contributed by atoms with Gasteiger partial charge in [-0.25, -0.2) is 0 Å². The molecule has 2 aromatic heterocycles. The molecule has 0 amide bonds. The predicted octanol–water partition coefficient (Wildman–Crippen LogP) is 2.27. The van der Waals surface area contributed by atoms with Gasteiger partial charge in [0.1, 0.15) is 6.10 Å². The van der Waals surface area contributed by atoms with Crippen molar-refractivity contribution in [2.24, 2.45) is 0 Å². The van der Waals surface area contributed by atoms with Crippen LogP contribution in [-0.4, -0.2) is 20.3 Å². The van der Waals surface area contributed by atoms with E-state index < -0.39 is 6.10 Å². The van der Waals surface area contributed by atoms with Crippen molar-refractivity contribution in [2.75, 3.05) is 0 Å². The van der Waals surface area contributed by atoms with Gasteiger partial charge in [-0.1, -0.05) is 18.2 Å². The first kappa shape index (κ1) is 10.0. The van der Waals surface area contributed by atoms with Crippen molar-refractivity contribution in [3.63, 3.8) is 0 Å². The molecule has 5 heteroatoms. The molecule has 0 fully saturated rings. The number of hydrogen-bond donors (Lipinski definition) is 2. The van der Waals surface area contributed by atoms with Crippen molar-refractivity contribution < 1.29 is 9.52 Å². The zero-order chi connectivity index (χ0) is 11.8. The molecule has 0 saturated heterocycles. The number of aromatic nitrogens is 3. The van der Waals surface area contributed by atoms with Gasteiger partial charge in [-0.3, -0.25) is 0 Å². The van der Waals surface area contributed by atoms with E-state index in [1.807, 2.05) is 30.5 Å². The molecular weight excluding hydrogens is 218 g/mol. The molecule has 1 atom stereocenters. The molecule has 0 aliphatic carbocycles. The number of fused-ring (bicyclic) bond motifs is 1. The van der Waals surface area contributed by atoms with E-state index >= 15 is 0 Å². The standard InChI is InChI=1S/C12H11N3O2/c1-7(16)11-14-15-12(17-11)9-6-13-10-5-3-2-4-8(9)10/h2-7,13,16H,1H3. The maximum Gasteiger partial charge on any atom is 0.250 e. The minimum absolute atomic E-state index is 0.227. The van der Waals surface area contributed by atoms with Gasteiger partial charge in [0.25, 0.3) is 0 Å². The molecule has 1 unspecified atom stereocenters. The number of rotatable bonds is 2. The molecule has 2 N–H and O–H groups in total. The Hall–Kier alpha value is -2.14. The highest BCUT2D eigenvalue weighted by Crippen LogP contribution is 2.28. The second-order valence-electron chi connectivity index (χ2n) is 3.87. The molecule has 0 spiro atoms. The summed E-state index contributed by atoms with van der Waals surface area (Å²) in [6, 6.07) is 7.86. The molecular formula is C12H11N3O2. The smallest absolute Gasteiger partial charge is 0.250 e. The molecule has 3 rings (SSSR count). The van der Waals surface area contributed by atoms with E-state index in [1.54, 1.807) is 6.92 Å². The summed E-state index contributed by atoms with van der Waals surface area (Å²) in [6.45, 7) is 1.59. The first-order valence-corrected chi connectivity index (χ1v) is 5.33. The number of H-pyrrole nitrogens is 1. The summed E-state index contributed by atoms with van der Waals surface area (Å²) in [5.41, 5.74) is 1.86. The number of nitrogens with zero attached hydrogens (tertiary/aromatic N) is 2. The van der Waals surface area contributed by atoms with Crippen LogP contribution in [0.15, 0.2) is 34.9 Å². The predicted molar refractivity (Wildman–Crippen MR) is 62.2 cm³/mol. The van der Waals surface area contributed by atoms with Gasteiger partial charge in [-0.05, 0) is 13.0 Å². The monoisotopic (exact) mass is 229 g/mol. The molecule has 0 bridgehead atoms. The number of aromatic amines is 1. The van der Waals surface area contributed by atoms with Crippen molar-refractivity contribution in [2.45, 2.75) is 13.0 Å². The number of hydrogen-bond acceptors (Lipinski definition) is 4. The third-order valence-corrected chi connectivity index (χ3v) is 2.62. The summed E-state index contributed by atoms with van der Waals surface area (Å²) in [5, 5.41) is 18.1. The maximum atomic E-state index is 9.34. The first-order valence-electron chi connectivity index (χ1n) is 5.33. The highest BCUT2D eigenvalue weighted by Gasteiger charge is 2.15. The topological polar surface area (TPSA) is 74.9 Å². The molecule has 1 aromatic carbocycles. The lowest BCUT2D eigenvalue weighted by molar-refractivity contribution is 0.163. The Morgan fingerprint density at radius 1 is 1.29 bits per heavy atom. The van der Waals surface area contributed by atoms with Crippen LogP contribution >= 0.6 is 0 Å². The van der Waals surface area contributed by atoms with E-state index in [0.717, 1.165) is 16.5 Å². The Morgan fingerprint density at radius 2 is 2.12 bits per heavy atom. The van der Waals surface area contributed by atoms with Gasteiger partial charge < -0.3 is 14.5 Å². The van der Waals surface area contributed by atoms with Crippen LogP contribution in [0.5, 0.6) is 0 Å². The van der Waals surface area contributed by atoms with Gasteiger partial charge >= 0.3 is 0 Å². The molecule has 2 heterocycles. The Labute approximate surface area is 97.1 Å². The Kier molecular flexibility index (Phi) is 2.19. The van der Waals surface area contributed by atoms with Crippen LogP contribution in [0.3, 0.4) is 0 Å². The summed E-state index contributed by atoms with van der Waals surface area (Å²) < 4.78 is 5.41. The molecule has 0 saturated carbocycles. The van der Waals surface area contributed by atoms with Crippen molar-refractivity contribution in [3.8, 4) is 11.5 Å². The van der Waals surface area contributed by atoms with Crippen molar-refractivity contribution in [3.05, 3.63) is 36.4 Å². The van der Waals surface area contributed by atoms with Crippen LogP contribution in [0.4, 0.5) is 0 Å². The summed E-state index contributed by atoms with van der Waals surface area (Å²) in [6.07, 6.45) is 1.07. The normalized spacial score (nSPS) is 13.1. The van der Waals surface area contributed by atoms with E-state index in [-0.39, 0.29) is 5.89 Å². The SMILES string of the molecule is CC(O)c1nnc(-c2c[nH]c3ccccc23)o1. The first-order chi connectivity index (χ1) is 8.25. The lowest BCUT2D eigenvalue weighted by Crippen LogP contribution is -1.89. The molecule has 17 heavy (non-hydrogen) atoms. The second-order valence-corrected chi connectivity index (χ2v) is 3.87. The van der Waals surface area contributed by atoms with Crippen LogP contribution in [0.2, 0.25) is 0 Å². The zero-order valence-electron chi connectivity index (χ0n) is 9.21. The van der Waals surface area contributed by atoms with E-state index in [2.05, 4.69) is 15.2 Å². The molecule has 0 aliphatic heterocycles. The Morgan fingerprint density at radius 3 is 2.88 bits per heavy atom. The van der Waals surface area contributed by atoms with Crippen molar-refractivity contribution >= 4 is 10.9 Å². The highest BCUT2D eigenvalue weighted by molar-refractivity contribution is 5.93. The number of aliphatic hydroxyl groups excluding tert-OH is 1. The van der Waals surface area contributed by atoms with Crippen LogP contribution in [0, 0.1) is 0 Å². The maximum absolute atomic E-state index is 9.34. The number of benzene rings is 1. The molecule has 0 radical (unpaired) electrons. The number of nitrogens with one attached hydrogen (secondary N) is 1. The van der Waals surface area contributed by atoms with Crippen LogP contribution in [-0.2, 0) is 0 Å². The molecule has 5 nitrogen and oxygen atoms in total. The average molecular weight is 229 g/mol. The van der Waals surface area contributed by atoms with Crippen LogP contribution in [0.1, 0.15) is 18.9 Å². The van der Waals surface area contributed by atoms with Gasteiger partial charge in [-0.15, -0.1) is 10.2 Å². The molecule has 86 valence electrons. The molecule has 0 aliphatic rings. The lowest BCUT2D eigenvalue weighted by atomic mass is 10.2. The van der Waals surface area contributed by atoms with Gasteiger partial charge in [0.15, 0.2) is 0 Å². The second kappa shape index (κ2) is 3.71. The number of para-hydroxylation sites is 1. The fourth-order valence-corrected chi connectivity index (χ4v) is 1.76. The van der Waals surface area contributed by atoms with Gasteiger partial charge in [0, 0.05) is 17.1 Å². The van der Waals surface area contributed by atoms with E-state index in [4.69, 9.17) is 4.42 Å². The summed E-state index contributed by atoms with van der Waals surface area (Å²) in [7, 11) is 0. The zero-order valence-corrected chi connectivity index (χ0v) is 9.21. The average Bonchev–Trinajstić information content (AvgIpc) is 2.95. The summed E-state index contributed by atoms with van der Waals surface area (Å²) in [5.74, 6) is 0.642. The Balaban J connectivity index is 2.14. The summed E-state index contributed by atoms with van der Waals surface area (Å²) in [4.78, 5) is 3.13. The summed E-state index contributed by atoms with van der Waals surface area (Å²) >= 11 is 0. The van der Waals surface area contributed by atoms with Crippen LogP contribution in [0.25, 0.3) is 22.4 Å². The van der Waals surface area contributed by atoms with E-state index in [9.17, 15) is 5.11 Å². The van der Waals surface area contributed by atoms with E-state index in [1.165, 1.54) is 0 Å². The Bertz CT molecular complexity index is 654. The van der Waals surface area contributed by atoms with E-state index in [0.29, 0.717) is 5.89 Å². The minimum Gasteiger partial charge on any atom is -0.418 e. The fraction of sp³-hybridized carbons (Fsp3) is 0.167. The van der Waals surface area contributed by atoms with Gasteiger partial charge in [0.05, 0.1) is 5.56 Å². The van der Waals surface area contributed by atoms with Gasteiger partial charge in [-0.2, -0.15) is 0 Å². The third-order valence-electron chi connectivity index (χ3n) is 2.62. The minimum atomic E-state index is -0.749. The lowest BCUT2D eigenvalue weighted by Gasteiger charge is -1.94. The highest BCUT2D eigenvalue weighted by atomic mass is 16.4. The van der Waals surface area contributed by atoms with Crippen molar-refractivity contribution in [1.82, 2.24) is 15.2 Å².